The highest BCUT2D eigenvalue weighted by atomic mass is 15.3. The lowest BCUT2D eigenvalue weighted by Crippen LogP contribution is -2.17. The largest absolute Gasteiger partial charge is 0.306 e. The van der Waals surface area contributed by atoms with Gasteiger partial charge in [0.05, 0.1) is 12.4 Å². The number of aryl methyl sites for hydroxylation is 2. The molecule has 5 heteroatoms. The molecule has 0 spiro atoms. The average molecular weight is 309 g/mol. The Bertz CT molecular complexity index is 771. The van der Waals surface area contributed by atoms with Crippen LogP contribution in [0.2, 0.25) is 0 Å². The van der Waals surface area contributed by atoms with Crippen LogP contribution in [0.25, 0.3) is 11.1 Å². The van der Waals surface area contributed by atoms with Gasteiger partial charge in [0.1, 0.15) is 0 Å². The van der Waals surface area contributed by atoms with Crippen molar-refractivity contribution in [2.45, 2.75) is 33.0 Å². The summed E-state index contributed by atoms with van der Waals surface area (Å²) in [6, 6.07) is 8.85. The molecule has 0 aliphatic heterocycles. The second kappa shape index (κ2) is 6.79. The van der Waals surface area contributed by atoms with Crippen LogP contribution >= 0.6 is 0 Å². The number of nitrogens with zero attached hydrogens (tertiary/aromatic N) is 4. The second-order valence-electron chi connectivity index (χ2n) is 5.84. The van der Waals surface area contributed by atoms with Crippen LogP contribution < -0.4 is 5.32 Å². The van der Waals surface area contributed by atoms with E-state index in [0.29, 0.717) is 0 Å². The van der Waals surface area contributed by atoms with Gasteiger partial charge >= 0.3 is 0 Å². The van der Waals surface area contributed by atoms with Gasteiger partial charge in [-0.3, -0.25) is 9.36 Å². The summed E-state index contributed by atoms with van der Waals surface area (Å²) in [5.41, 5.74) is 4.83. The summed E-state index contributed by atoms with van der Waals surface area (Å²) in [5, 5.41) is 12.1. The maximum Gasteiger partial charge on any atom is 0.0568 e. The van der Waals surface area contributed by atoms with E-state index in [9.17, 15) is 0 Å². The molecule has 3 rings (SSSR count). The van der Waals surface area contributed by atoms with Gasteiger partial charge in [-0.2, -0.15) is 10.2 Å². The normalized spacial score (nSPS) is 12.5. The van der Waals surface area contributed by atoms with Crippen LogP contribution in [0.4, 0.5) is 0 Å². The number of nitrogens with one attached hydrogen (secondary N) is 1. The molecule has 1 N–H and O–H groups in total. The molecule has 1 aromatic carbocycles. The van der Waals surface area contributed by atoms with Crippen molar-refractivity contribution in [2.24, 2.45) is 7.05 Å². The molecule has 0 saturated carbocycles. The highest BCUT2D eigenvalue weighted by Crippen LogP contribution is 2.20. The first-order valence-electron chi connectivity index (χ1n) is 7.99. The lowest BCUT2D eigenvalue weighted by molar-refractivity contribution is 0.573. The van der Waals surface area contributed by atoms with E-state index >= 15 is 0 Å². The maximum atomic E-state index is 4.33. The molecule has 3 aromatic rings. The summed E-state index contributed by atoms with van der Waals surface area (Å²) in [7, 11) is 1.94. The zero-order chi connectivity index (χ0) is 16.2. The van der Waals surface area contributed by atoms with Crippen LogP contribution in [0.1, 0.15) is 31.0 Å². The smallest absolute Gasteiger partial charge is 0.0568 e. The van der Waals surface area contributed by atoms with Crippen LogP contribution in [0.15, 0.2) is 49.1 Å². The minimum atomic E-state index is 0.275. The first kappa shape index (κ1) is 15.5. The first-order chi connectivity index (χ1) is 11.2. The summed E-state index contributed by atoms with van der Waals surface area (Å²) in [5.74, 6) is 0. The topological polar surface area (TPSA) is 47.7 Å². The van der Waals surface area contributed by atoms with E-state index in [4.69, 9.17) is 0 Å². The Hall–Kier alpha value is -2.40. The van der Waals surface area contributed by atoms with E-state index in [0.717, 1.165) is 18.7 Å². The van der Waals surface area contributed by atoms with E-state index in [2.05, 4.69) is 59.8 Å². The summed E-state index contributed by atoms with van der Waals surface area (Å²) < 4.78 is 3.78. The van der Waals surface area contributed by atoms with Crippen LogP contribution in [0, 0.1) is 0 Å². The van der Waals surface area contributed by atoms with Crippen LogP contribution in [-0.4, -0.2) is 19.6 Å². The van der Waals surface area contributed by atoms with Gasteiger partial charge in [-0.15, -0.1) is 0 Å². The van der Waals surface area contributed by atoms with E-state index < -0.39 is 0 Å². The van der Waals surface area contributed by atoms with Crippen molar-refractivity contribution in [1.82, 2.24) is 24.9 Å². The number of benzene rings is 1. The second-order valence-corrected chi connectivity index (χ2v) is 5.84. The molecule has 0 fully saturated rings. The van der Waals surface area contributed by atoms with Crippen molar-refractivity contribution in [3.63, 3.8) is 0 Å². The van der Waals surface area contributed by atoms with Gasteiger partial charge in [-0.25, -0.2) is 0 Å². The minimum Gasteiger partial charge on any atom is -0.306 e. The Kier molecular flexibility index (Phi) is 4.57. The number of aromatic nitrogens is 4. The van der Waals surface area contributed by atoms with Gasteiger partial charge in [0, 0.05) is 49.7 Å². The molecule has 0 radical (unpaired) electrons. The van der Waals surface area contributed by atoms with Gasteiger partial charge in [0.15, 0.2) is 0 Å². The third-order valence-corrected chi connectivity index (χ3v) is 4.05. The number of hydrogen-bond donors (Lipinski definition) is 1. The fourth-order valence-corrected chi connectivity index (χ4v) is 2.60. The van der Waals surface area contributed by atoms with Crippen molar-refractivity contribution >= 4 is 0 Å². The molecule has 23 heavy (non-hydrogen) atoms. The molecule has 2 aromatic heterocycles. The van der Waals surface area contributed by atoms with Gasteiger partial charge in [-0.05, 0) is 31.0 Å². The summed E-state index contributed by atoms with van der Waals surface area (Å²) in [6.45, 7) is 5.99. The zero-order valence-corrected chi connectivity index (χ0v) is 13.9. The Labute approximate surface area is 136 Å². The van der Waals surface area contributed by atoms with Crippen molar-refractivity contribution in [1.29, 1.82) is 0 Å². The van der Waals surface area contributed by atoms with Gasteiger partial charge in [0.25, 0.3) is 0 Å². The Morgan fingerprint density at radius 1 is 1.13 bits per heavy atom. The van der Waals surface area contributed by atoms with Crippen LogP contribution in [-0.2, 0) is 20.1 Å². The third-order valence-electron chi connectivity index (χ3n) is 4.05. The first-order valence-corrected chi connectivity index (χ1v) is 7.99. The van der Waals surface area contributed by atoms with E-state index in [1.165, 1.54) is 16.7 Å². The molecule has 5 nitrogen and oxygen atoms in total. The molecular formula is C18H23N5. The van der Waals surface area contributed by atoms with Crippen molar-refractivity contribution in [3.05, 3.63) is 60.2 Å². The highest BCUT2D eigenvalue weighted by molar-refractivity contribution is 5.62. The van der Waals surface area contributed by atoms with Crippen molar-refractivity contribution in [3.8, 4) is 11.1 Å². The molecule has 0 aliphatic rings. The summed E-state index contributed by atoms with van der Waals surface area (Å²) in [4.78, 5) is 0. The molecule has 0 aliphatic carbocycles. The zero-order valence-electron chi connectivity index (χ0n) is 13.9. The molecular weight excluding hydrogens is 286 g/mol. The van der Waals surface area contributed by atoms with Crippen molar-refractivity contribution < 1.29 is 0 Å². The lowest BCUT2D eigenvalue weighted by atomic mass is 10.1. The van der Waals surface area contributed by atoms with Gasteiger partial charge < -0.3 is 5.32 Å². The highest BCUT2D eigenvalue weighted by Gasteiger charge is 2.08. The summed E-state index contributed by atoms with van der Waals surface area (Å²) in [6.07, 6.45) is 7.97. The molecule has 0 bridgehead atoms. The SMILES string of the molecule is CCn1cc(C(C)NCc2cccc(-c3cnn(C)c3)c2)cn1. The molecule has 1 unspecified atom stereocenters. The van der Waals surface area contributed by atoms with E-state index in [-0.39, 0.29) is 6.04 Å². The summed E-state index contributed by atoms with van der Waals surface area (Å²) >= 11 is 0. The Morgan fingerprint density at radius 2 is 2.00 bits per heavy atom. The molecule has 2 heterocycles. The lowest BCUT2D eigenvalue weighted by Gasteiger charge is -2.12. The van der Waals surface area contributed by atoms with Crippen molar-refractivity contribution in [2.75, 3.05) is 0 Å². The van der Waals surface area contributed by atoms with Gasteiger partial charge in [0.2, 0.25) is 0 Å². The fourth-order valence-electron chi connectivity index (χ4n) is 2.60. The van der Waals surface area contributed by atoms with E-state index in [1.54, 1.807) is 0 Å². The monoisotopic (exact) mass is 309 g/mol. The Balaban J connectivity index is 1.66. The third kappa shape index (κ3) is 3.68. The maximum absolute atomic E-state index is 4.33. The number of rotatable bonds is 6. The molecule has 1 atom stereocenters. The molecule has 0 saturated heterocycles. The number of hydrogen-bond acceptors (Lipinski definition) is 3. The Morgan fingerprint density at radius 3 is 2.70 bits per heavy atom. The molecule has 120 valence electrons. The van der Waals surface area contributed by atoms with E-state index in [1.807, 2.05) is 35.0 Å². The fraction of sp³-hybridized carbons (Fsp3) is 0.333. The average Bonchev–Trinajstić information content (AvgIpc) is 3.21. The quantitative estimate of drug-likeness (QED) is 0.761. The predicted molar refractivity (Wildman–Crippen MR) is 91.8 cm³/mol. The van der Waals surface area contributed by atoms with Crippen LogP contribution in [0.3, 0.4) is 0 Å². The predicted octanol–water partition coefficient (Wildman–Crippen LogP) is 3.15. The minimum absolute atomic E-state index is 0.275. The standard InChI is InChI=1S/C18H23N5/c1-4-23-13-17(10-21-23)14(2)19-9-15-6-5-7-16(8-15)18-11-20-22(3)12-18/h5-8,10-14,19H,4,9H2,1-3H3. The van der Waals surface area contributed by atoms with Gasteiger partial charge in [-0.1, -0.05) is 18.2 Å². The van der Waals surface area contributed by atoms with Crippen LogP contribution in [0.5, 0.6) is 0 Å². The molecule has 0 amide bonds.